The largest absolute Gasteiger partial charge is 0.322 e. The van der Waals surface area contributed by atoms with Gasteiger partial charge in [-0.05, 0) is 31.0 Å². The minimum atomic E-state index is -0.109. The Labute approximate surface area is 101 Å². The predicted molar refractivity (Wildman–Crippen MR) is 67.2 cm³/mol. The number of aromatic nitrogens is 2. The van der Waals surface area contributed by atoms with Crippen LogP contribution in [0.25, 0.3) is 0 Å². The summed E-state index contributed by atoms with van der Waals surface area (Å²) in [6, 6.07) is 2.01. The monoisotopic (exact) mass is 238 g/mol. The smallest absolute Gasteiger partial charge is 0.251 e. The standard InChI is InChI=1S/C12H18N2OS/c1-9-5-3-2-4-6-10(9)14-8-7-11(15)13-12(14)16/h7-10H,2-6H2,1H3,(H,13,15,16). The zero-order chi connectivity index (χ0) is 11.5. The normalized spacial score (nSPS) is 26.3. The first-order valence-corrected chi connectivity index (χ1v) is 6.41. The lowest BCUT2D eigenvalue weighted by atomic mass is 9.97. The lowest BCUT2D eigenvalue weighted by Crippen LogP contribution is -2.20. The van der Waals surface area contributed by atoms with Gasteiger partial charge in [0.05, 0.1) is 0 Å². The first-order valence-electron chi connectivity index (χ1n) is 6.00. The first-order chi connectivity index (χ1) is 7.68. The molecular weight excluding hydrogens is 220 g/mol. The van der Waals surface area contributed by atoms with E-state index in [1.807, 2.05) is 6.20 Å². The van der Waals surface area contributed by atoms with E-state index in [9.17, 15) is 4.79 Å². The topological polar surface area (TPSA) is 37.8 Å². The van der Waals surface area contributed by atoms with Crippen molar-refractivity contribution in [3.63, 3.8) is 0 Å². The van der Waals surface area contributed by atoms with E-state index in [4.69, 9.17) is 12.2 Å². The van der Waals surface area contributed by atoms with Crippen molar-refractivity contribution < 1.29 is 0 Å². The summed E-state index contributed by atoms with van der Waals surface area (Å²) < 4.78 is 2.62. The highest BCUT2D eigenvalue weighted by Gasteiger charge is 2.21. The van der Waals surface area contributed by atoms with Gasteiger partial charge in [0.15, 0.2) is 4.77 Å². The number of nitrogens with one attached hydrogen (secondary N) is 1. The number of H-pyrrole nitrogens is 1. The molecule has 2 atom stereocenters. The Kier molecular flexibility index (Phi) is 3.59. The molecule has 1 N–H and O–H groups in total. The van der Waals surface area contributed by atoms with Gasteiger partial charge < -0.3 is 4.57 Å². The molecule has 1 saturated carbocycles. The molecule has 2 unspecified atom stereocenters. The van der Waals surface area contributed by atoms with E-state index in [1.54, 1.807) is 6.07 Å². The molecule has 0 saturated heterocycles. The van der Waals surface area contributed by atoms with Gasteiger partial charge in [0.2, 0.25) is 0 Å². The van der Waals surface area contributed by atoms with Crippen LogP contribution >= 0.6 is 12.2 Å². The van der Waals surface area contributed by atoms with Crippen LogP contribution in [0.15, 0.2) is 17.1 Å². The van der Waals surface area contributed by atoms with E-state index in [2.05, 4.69) is 16.5 Å². The molecule has 88 valence electrons. The summed E-state index contributed by atoms with van der Waals surface area (Å²) in [5.74, 6) is 0.639. The van der Waals surface area contributed by atoms with Gasteiger partial charge >= 0.3 is 0 Å². The SMILES string of the molecule is CC1CCCCCC1n1ccc(=O)[nH]c1=S. The van der Waals surface area contributed by atoms with Crippen LogP contribution in [0, 0.1) is 10.7 Å². The van der Waals surface area contributed by atoms with Gasteiger partial charge in [-0.1, -0.05) is 26.2 Å². The highest BCUT2D eigenvalue weighted by atomic mass is 32.1. The van der Waals surface area contributed by atoms with Crippen LogP contribution in [-0.4, -0.2) is 9.55 Å². The van der Waals surface area contributed by atoms with Crippen LogP contribution in [0.4, 0.5) is 0 Å². The molecule has 1 aromatic heterocycles. The Balaban J connectivity index is 2.34. The van der Waals surface area contributed by atoms with Gasteiger partial charge in [-0.3, -0.25) is 9.78 Å². The van der Waals surface area contributed by atoms with Crippen LogP contribution in [-0.2, 0) is 0 Å². The molecule has 1 aliphatic carbocycles. The molecule has 16 heavy (non-hydrogen) atoms. The molecule has 0 aliphatic heterocycles. The molecule has 0 aromatic carbocycles. The van der Waals surface area contributed by atoms with Gasteiger partial charge in [-0.25, -0.2) is 0 Å². The fourth-order valence-corrected chi connectivity index (χ4v) is 2.87. The first kappa shape index (κ1) is 11.6. The average Bonchev–Trinajstić information content (AvgIpc) is 2.44. The van der Waals surface area contributed by atoms with Gasteiger partial charge in [-0.2, -0.15) is 0 Å². The summed E-state index contributed by atoms with van der Waals surface area (Å²) in [6.07, 6.45) is 8.16. The van der Waals surface area contributed by atoms with Crippen molar-refractivity contribution in [1.82, 2.24) is 9.55 Å². The van der Waals surface area contributed by atoms with Gasteiger partial charge in [-0.15, -0.1) is 0 Å². The molecule has 0 bridgehead atoms. The van der Waals surface area contributed by atoms with Crippen molar-refractivity contribution in [2.24, 2.45) is 5.92 Å². The Morgan fingerprint density at radius 2 is 2.12 bits per heavy atom. The third kappa shape index (κ3) is 2.43. The van der Waals surface area contributed by atoms with Crippen molar-refractivity contribution >= 4 is 12.2 Å². The third-order valence-electron chi connectivity index (χ3n) is 3.52. The minimum Gasteiger partial charge on any atom is -0.322 e. The Morgan fingerprint density at radius 1 is 1.38 bits per heavy atom. The van der Waals surface area contributed by atoms with Gasteiger partial charge in [0.25, 0.3) is 5.56 Å². The second-order valence-corrected chi connectivity index (χ2v) is 5.09. The molecule has 1 aliphatic rings. The highest BCUT2D eigenvalue weighted by Crippen LogP contribution is 2.31. The summed E-state index contributed by atoms with van der Waals surface area (Å²) in [7, 11) is 0. The lowest BCUT2D eigenvalue weighted by molar-refractivity contribution is 0.326. The zero-order valence-corrected chi connectivity index (χ0v) is 10.4. The second kappa shape index (κ2) is 4.95. The van der Waals surface area contributed by atoms with Crippen molar-refractivity contribution in [2.75, 3.05) is 0 Å². The molecule has 1 fully saturated rings. The maximum absolute atomic E-state index is 11.1. The predicted octanol–water partition coefficient (Wildman–Crippen LogP) is 3.05. The van der Waals surface area contributed by atoms with E-state index in [0.717, 1.165) is 0 Å². The Bertz CT molecular complexity index is 463. The van der Waals surface area contributed by atoms with E-state index < -0.39 is 0 Å². The summed E-state index contributed by atoms with van der Waals surface area (Å²) in [6.45, 7) is 2.28. The summed E-state index contributed by atoms with van der Waals surface area (Å²) >= 11 is 5.22. The molecule has 0 amide bonds. The van der Waals surface area contributed by atoms with Crippen LogP contribution in [0.3, 0.4) is 0 Å². The molecule has 1 aromatic rings. The van der Waals surface area contributed by atoms with Crippen LogP contribution in [0.2, 0.25) is 0 Å². The van der Waals surface area contributed by atoms with Crippen molar-refractivity contribution in [3.05, 3.63) is 27.4 Å². The van der Waals surface area contributed by atoms with Gasteiger partial charge in [0, 0.05) is 18.3 Å². The number of hydrogen-bond donors (Lipinski definition) is 1. The fraction of sp³-hybridized carbons (Fsp3) is 0.667. The maximum atomic E-state index is 11.1. The molecular formula is C12H18N2OS. The van der Waals surface area contributed by atoms with Crippen molar-refractivity contribution in [1.29, 1.82) is 0 Å². The van der Waals surface area contributed by atoms with Crippen molar-refractivity contribution in [3.8, 4) is 0 Å². The van der Waals surface area contributed by atoms with E-state index >= 15 is 0 Å². The number of hydrogen-bond acceptors (Lipinski definition) is 2. The number of rotatable bonds is 1. The molecule has 4 heteroatoms. The quantitative estimate of drug-likeness (QED) is 0.603. The molecule has 0 spiro atoms. The second-order valence-electron chi connectivity index (χ2n) is 4.70. The van der Waals surface area contributed by atoms with E-state index in [1.165, 1.54) is 32.1 Å². The highest BCUT2D eigenvalue weighted by molar-refractivity contribution is 7.71. The van der Waals surface area contributed by atoms with Crippen molar-refractivity contribution in [2.45, 2.75) is 45.1 Å². The maximum Gasteiger partial charge on any atom is 0.251 e. The average molecular weight is 238 g/mol. The van der Waals surface area contributed by atoms with Crippen LogP contribution < -0.4 is 5.56 Å². The van der Waals surface area contributed by atoms with E-state index in [0.29, 0.717) is 16.7 Å². The Hall–Kier alpha value is -0.900. The number of aromatic amines is 1. The Morgan fingerprint density at radius 3 is 2.88 bits per heavy atom. The molecule has 1 heterocycles. The van der Waals surface area contributed by atoms with Gasteiger partial charge in [0.1, 0.15) is 0 Å². The summed E-state index contributed by atoms with van der Waals surface area (Å²) in [5.41, 5.74) is -0.109. The van der Waals surface area contributed by atoms with Crippen LogP contribution in [0.5, 0.6) is 0 Å². The molecule has 2 rings (SSSR count). The fourth-order valence-electron chi connectivity index (χ4n) is 2.58. The third-order valence-corrected chi connectivity index (χ3v) is 3.84. The summed E-state index contributed by atoms with van der Waals surface area (Å²) in [4.78, 5) is 13.8. The van der Waals surface area contributed by atoms with E-state index in [-0.39, 0.29) is 5.56 Å². The summed E-state index contributed by atoms with van der Waals surface area (Å²) in [5, 5.41) is 0. The molecule has 0 radical (unpaired) electrons. The number of nitrogens with zero attached hydrogens (tertiary/aromatic N) is 1. The molecule has 3 nitrogen and oxygen atoms in total. The minimum absolute atomic E-state index is 0.109. The zero-order valence-electron chi connectivity index (χ0n) is 9.61. The lowest BCUT2D eigenvalue weighted by Gasteiger charge is -2.24. The van der Waals surface area contributed by atoms with Crippen LogP contribution in [0.1, 0.15) is 45.1 Å².